The minimum absolute atomic E-state index is 0.168. The van der Waals surface area contributed by atoms with Gasteiger partial charge in [-0.05, 0) is 18.2 Å². The summed E-state index contributed by atoms with van der Waals surface area (Å²) in [6.07, 6.45) is 0.168. The molecule has 4 N–H and O–H groups in total. The molecule has 84 valence electrons. The van der Waals surface area contributed by atoms with E-state index in [9.17, 15) is 4.79 Å². The second kappa shape index (κ2) is 4.11. The molecule has 0 saturated heterocycles. The Morgan fingerprint density at radius 1 is 1.62 bits per heavy atom. The van der Waals surface area contributed by atoms with Crippen LogP contribution in [-0.2, 0) is 11.2 Å². The molecule has 1 atom stereocenters. The maximum atomic E-state index is 10.6. The van der Waals surface area contributed by atoms with E-state index >= 15 is 0 Å². The van der Waals surface area contributed by atoms with E-state index in [2.05, 4.69) is 9.97 Å². The fourth-order valence-corrected chi connectivity index (χ4v) is 1.59. The molecule has 0 aliphatic rings. The second-order valence-corrected chi connectivity index (χ2v) is 3.93. The Hall–Kier alpha value is -1.59. The summed E-state index contributed by atoms with van der Waals surface area (Å²) < 4.78 is 0. The molecule has 2 aromatic rings. The highest BCUT2D eigenvalue weighted by Gasteiger charge is 2.14. The lowest BCUT2D eigenvalue weighted by Gasteiger charge is -2.01. The Kier molecular flexibility index (Phi) is 2.80. The molecule has 0 saturated carbocycles. The molecular weight excluding hydrogens is 230 g/mol. The fraction of sp³-hybridized carbons (Fsp3) is 0.200. The molecule has 16 heavy (non-hydrogen) atoms. The van der Waals surface area contributed by atoms with Gasteiger partial charge in [0.05, 0.1) is 11.0 Å². The number of carboxylic acids is 1. The first-order valence-electron chi connectivity index (χ1n) is 4.69. The zero-order chi connectivity index (χ0) is 11.7. The van der Waals surface area contributed by atoms with Crippen LogP contribution in [-0.4, -0.2) is 27.1 Å². The summed E-state index contributed by atoms with van der Waals surface area (Å²) in [6, 6.07) is 4.29. The van der Waals surface area contributed by atoms with Crippen molar-refractivity contribution in [2.75, 3.05) is 0 Å². The summed E-state index contributed by atoms with van der Waals surface area (Å²) >= 11 is 5.81. The average Bonchev–Trinajstić information content (AvgIpc) is 2.58. The van der Waals surface area contributed by atoms with Crippen molar-refractivity contribution in [3.63, 3.8) is 0 Å². The maximum Gasteiger partial charge on any atom is 0.320 e. The number of aromatic nitrogens is 2. The summed E-state index contributed by atoms with van der Waals surface area (Å²) in [4.78, 5) is 17.8. The highest BCUT2D eigenvalue weighted by Crippen LogP contribution is 2.17. The van der Waals surface area contributed by atoms with Gasteiger partial charge in [0, 0.05) is 11.4 Å². The van der Waals surface area contributed by atoms with E-state index in [1.54, 1.807) is 18.2 Å². The molecule has 0 aliphatic carbocycles. The number of benzene rings is 1. The zero-order valence-electron chi connectivity index (χ0n) is 8.27. The Bertz CT molecular complexity index is 538. The van der Waals surface area contributed by atoms with E-state index in [-0.39, 0.29) is 6.42 Å². The number of carboxylic acid groups (broad SMARTS) is 1. The third kappa shape index (κ3) is 2.15. The summed E-state index contributed by atoms with van der Waals surface area (Å²) in [5.41, 5.74) is 6.94. The zero-order valence-corrected chi connectivity index (χ0v) is 9.03. The van der Waals surface area contributed by atoms with Gasteiger partial charge < -0.3 is 15.8 Å². The van der Waals surface area contributed by atoms with E-state index in [4.69, 9.17) is 22.4 Å². The molecule has 6 heteroatoms. The van der Waals surface area contributed by atoms with E-state index in [1.807, 2.05) is 0 Å². The van der Waals surface area contributed by atoms with E-state index < -0.39 is 12.0 Å². The number of nitrogens with two attached hydrogens (primary N) is 1. The molecule has 0 aliphatic heterocycles. The Balaban J connectivity index is 2.29. The lowest BCUT2D eigenvalue weighted by Crippen LogP contribution is -2.32. The summed E-state index contributed by atoms with van der Waals surface area (Å²) in [6.45, 7) is 0. The highest BCUT2D eigenvalue weighted by molar-refractivity contribution is 6.31. The summed E-state index contributed by atoms with van der Waals surface area (Å²) in [5, 5.41) is 9.27. The van der Waals surface area contributed by atoms with Crippen molar-refractivity contribution >= 4 is 28.6 Å². The van der Waals surface area contributed by atoms with Gasteiger partial charge in [0.25, 0.3) is 0 Å². The van der Waals surface area contributed by atoms with Crippen LogP contribution in [0, 0.1) is 0 Å². The number of hydrogen-bond donors (Lipinski definition) is 3. The molecule has 0 spiro atoms. The number of carbonyl (C=O) groups is 1. The van der Waals surface area contributed by atoms with Gasteiger partial charge in [0.15, 0.2) is 0 Å². The van der Waals surface area contributed by atoms with Crippen molar-refractivity contribution in [2.24, 2.45) is 5.73 Å². The Labute approximate surface area is 96.2 Å². The number of halogens is 1. The molecule has 1 heterocycles. The van der Waals surface area contributed by atoms with Gasteiger partial charge in [0.2, 0.25) is 0 Å². The van der Waals surface area contributed by atoms with Crippen molar-refractivity contribution in [2.45, 2.75) is 12.5 Å². The number of fused-ring (bicyclic) bond motifs is 1. The van der Waals surface area contributed by atoms with Gasteiger partial charge in [-0.25, -0.2) is 4.98 Å². The van der Waals surface area contributed by atoms with Crippen LogP contribution in [0.4, 0.5) is 0 Å². The molecule has 0 radical (unpaired) electrons. The van der Waals surface area contributed by atoms with Gasteiger partial charge in [-0.1, -0.05) is 11.6 Å². The molecule has 1 aromatic heterocycles. The quantitative estimate of drug-likeness (QED) is 0.750. The number of nitrogens with zero attached hydrogens (tertiary/aromatic N) is 1. The van der Waals surface area contributed by atoms with E-state index in [1.165, 1.54) is 0 Å². The largest absolute Gasteiger partial charge is 0.480 e. The summed E-state index contributed by atoms with van der Waals surface area (Å²) in [5.74, 6) is -0.495. The van der Waals surface area contributed by atoms with Gasteiger partial charge in [-0.3, -0.25) is 4.79 Å². The highest BCUT2D eigenvalue weighted by atomic mass is 35.5. The van der Waals surface area contributed by atoms with Crippen LogP contribution in [0.1, 0.15) is 5.82 Å². The normalized spacial score (nSPS) is 12.9. The molecule has 1 aromatic carbocycles. The Morgan fingerprint density at radius 3 is 3.06 bits per heavy atom. The van der Waals surface area contributed by atoms with Gasteiger partial charge in [-0.2, -0.15) is 0 Å². The van der Waals surface area contributed by atoms with E-state index in [0.717, 1.165) is 5.52 Å². The van der Waals surface area contributed by atoms with Crippen molar-refractivity contribution < 1.29 is 9.90 Å². The van der Waals surface area contributed by atoms with Crippen LogP contribution in [0.15, 0.2) is 18.2 Å². The van der Waals surface area contributed by atoms with Gasteiger partial charge >= 0.3 is 5.97 Å². The third-order valence-electron chi connectivity index (χ3n) is 2.22. The average molecular weight is 240 g/mol. The molecule has 0 bridgehead atoms. The van der Waals surface area contributed by atoms with Crippen molar-refractivity contribution in [3.8, 4) is 0 Å². The number of H-pyrrole nitrogens is 1. The van der Waals surface area contributed by atoms with Crippen LogP contribution < -0.4 is 5.73 Å². The number of hydrogen-bond acceptors (Lipinski definition) is 3. The molecule has 0 unspecified atom stereocenters. The smallest absolute Gasteiger partial charge is 0.320 e. The van der Waals surface area contributed by atoms with Crippen molar-refractivity contribution in [1.29, 1.82) is 0 Å². The summed E-state index contributed by atoms with van der Waals surface area (Å²) in [7, 11) is 0. The van der Waals surface area contributed by atoms with E-state index in [0.29, 0.717) is 16.4 Å². The number of aliphatic carboxylic acids is 1. The predicted molar refractivity (Wildman–Crippen MR) is 60.4 cm³/mol. The molecular formula is C10H10ClN3O2. The molecule has 0 amide bonds. The molecule has 5 nitrogen and oxygen atoms in total. The Morgan fingerprint density at radius 2 is 2.38 bits per heavy atom. The number of aromatic amines is 1. The van der Waals surface area contributed by atoms with Crippen molar-refractivity contribution in [1.82, 2.24) is 9.97 Å². The predicted octanol–water partition coefficient (Wildman–Crippen LogP) is 1.17. The first-order chi connectivity index (χ1) is 7.56. The van der Waals surface area contributed by atoms with Crippen LogP contribution >= 0.6 is 11.6 Å². The minimum Gasteiger partial charge on any atom is -0.480 e. The third-order valence-corrected chi connectivity index (χ3v) is 2.46. The maximum absolute atomic E-state index is 10.6. The molecule has 0 fully saturated rings. The fourth-order valence-electron chi connectivity index (χ4n) is 1.42. The van der Waals surface area contributed by atoms with Crippen LogP contribution in [0.25, 0.3) is 11.0 Å². The molecule has 2 rings (SSSR count). The van der Waals surface area contributed by atoms with Crippen LogP contribution in [0.5, 0.6) is 0 Å². The first kappa shape index (κ1) is 10.9. The van der Waals surface area contributed by atoms with Crippen LogP contribution in [0.2, 0.25) is 5.02 Å². The monoisotopic (exact) mass is 239 g/mol. The standard InChI is InChI=1S/C10H10ClN3O2/c11-5-1-2-7-8(3-5)14-9(13-7)4-6(12)10(15)16/h1-3,6H,4,12H2,(H,13,14)(H,15,16)/t6-/m1/s1. The number of nitrogens with one attached hydrogen (secondary N) is 1. The number of imidazole rings is 1. The van der Waals surface area contributed by atoms with Crippen LogP contribution in [0.3, 0.4) is 0 Å². The number of rotatable bonds is 3. The minimum atomic E-state index is -1.04. The SMILES string of the molecule is N[C@H](Cc1nc2cc(Cl)ccc2[nH]1)C(=O)O. The topological polar surface area (TPSA) is 92.0 Å². The van der Waals surface area contributed by atoms with Gasteiger partial charge in [0.1, 0.15) is 11.9 Å². The van der Waals surface area contributed by atoms with Crippen molar-refractivity contribution in [3.05, 3.63) is 29.0 Å². The second-order valence-electron chi connectivity index (χ2n) is 3.49. The lowest BCUT2D eigenvalue weighted by molar-refractivity contribution is -0.138. The lowest BCUT2D eigenvalue weighted by atomic mass is 10.2. The van der Waals surface area contributed by atoms with Gasteiger partial charge in [-0.15, -0.1) is 0 Å². The first-order valence-corrected chi connectivity index (χ1v) is 5.06.